The van der Waals surface area contributed by atoms with Crippen molar-refractivity contribution in [1.82, 2.24) is 5.32 Å². The number of thioether (sulfide) groups is 1. The van der Waals surface area contributed by atoms with Crippen molar-refractivity contribution in [2.75, 3.05) is 17.6 Å². The van der Waals surface area contributed by atoms with Crippen LogP contribution >= 0.6 is 11.8 Å². The molecule has 0 spiro atoms. The van der Waals surface area contributed by atoms with Crippen LogP contribution in [-0.2, 0) is 0 Å². The average Bonchev–Trinajstić information content (AvgIpc) is 2.88. The molecule has 2 rings (SSSR count). The summed E-state index contributed by atoms with van der Waals surface area (Å²) in [6.07, 6.45) is 3.45. The van der Waals surface area contributed by atoms with Crippen LogP contribution in [0.25, 0.3) is 0 Å². The highest BCUT2D eigenvalue weighted by Crippen LogP contribution is 2.29. The van der Waals surface area contributed by atoms with Crippen LogP contribution < -0.4 is 10.6 Å². The molecule has 2 atom stereocenters. The second-order valence-corrected chi connectivity index (χ2v) is 6.75. The molecule has 3 nitrogen and oxygen atoms in total. The van der Waals surface area contributed by atoms with Crippen LogP contribution in [-0.4, -0.2) is 29.5 Å². The van der Waals surface area contributed by atoms with E-state index in [-0.39, 0.29) is 5.91 Å². The van der Waals surface area contributed by atoms with Crippen molar-refractivity contribution in [1.29, 1.82) is 0 Å². The Morgan fingerprint density at radius 1 is 1.25 bits per heavy atom. The molecule has 0 aliphatic heterocycles. The normalized spacial score (nSPS) is 21.7. The van der Waals surface area contributed by atoms with E-state index in [1.807, 2.05) is 36.0 Å². The number of hydrogen-bond acceptors (Lipinski definition) is 3. The molecule has 1 aliphatic carbocycles. The molecule has 1 aromatic carbocycles. The van der Waals surface area contributed by atoms with E-state index in [1.165, 1.54) is 6.42 Å². The molecule has 1 fully saturated rings. The van der Waals surface area contributed by atoms with E-state index in [4.69, 9.17) is 0 Å². The van der Waals surface area contributed by atoms with E-state index in [0.29, 0.717) is 6.04 Å². The minimum absolute atomic E-state index is 0.0557. The topological polar surface area (TPSA) is 41.1 Å². The first-order valence-corrected chi connectivity index (χ1v) is 8.54. The first kappa shape index (κ1) is 15.2. The largest absolute Gasteiger partial charge is 0.385 e. The Labute approximate surface area is 125 Å². The van der Waals surface area contributed by atoms with Gasteiger partial charge in [0.25, 0.3) is 5.91 Å². The molecule has 1 aromatic rings. The predicted molar refractivity (Wildman–Crippen MR) is 87.6 cm³/mol. The quantitative estimate of drug-likeness (QED) is 0.843. The molecular weight excluding hydrogens is 268 g/mol. The number of rotatable bonds is 6. The number of carbonyl (C=O) groups is 1. The summed E-state index contributed by atoms with van der Waals surface area (Å²) >= 11 is 2.01. The lowest BCUT2D eigenvalue weighted by Crippen LogP contribution is -2.33. The summed E-state index contributed by atoms with van der Waals surface area (Å²) < 4.78 is 0. The summed E-state index contributed by atoms with van der Waals surface area (Å²) in [5, 5.41) is 7.12. The molecule has 0 heterocycles. The van der Waals surface area contributed by atoms with E-state index < -0.39 is 0 Å². The molecule has 0 bridgehead atoms. The maximum atomic E-state index is 12.2. The highest BCUT2D eigenvalue weighted by atomic mass is 32.2. The van der Waals surface area contributed by atoms with Crippen LogP contribution in [0.3, 0.4) is 0 Å². The van der Waals surface area contributed by atoms with Gasteiger partial charge >= 0.3 is 0 Å². The fourth-order valence-electron chi connectivity index (χ4n) is 2.67. The summed E-state index contributed by atoms with van der Waals surface area (Å²) in [6, 6.07) is 8.05. The lowest BCUT2D eigenvalue weighted by molar-refractivity contribution is 0.0938. The van der Waals surface area contributed by atoms with Gasteiger partial charge in [0.1, 0.15) is 0 Å². The van der Waals surface area contributed by atoms with Crippen LogP contribution in [0.1, 0.15) is 43.5 Å². The van der Waals surface area contributed by atoms with Crippen LogP contribution in [0.4, 0.5) is 5.69 Å². The summed E-state index contributed by atoms with van der Waals surface area (Å²) in [7, 11) is 0. The van der Waals surface area contributed by atoms with Crippen LogP contribution in [0.5, 0.6) is 0 Å². The maximum Gasteiger partial charge on any atom is 0.251 e. The Hall–Kier alpha value is -1.16. The van der Waals surface area contributed by atoms with E-state index in [9.17, 15) is 4.79 Å². The van der Waals surface area contributed by atoms with Gasteiger partial charge in [-0.15, -0.1) is 0 Å². The maximum absolute atomic E-state index is 12.2. The van der Waals surface area contributed by atoms with Gasteiger partial charge in [0.05, 0.1) is 0 Å². The van der Waals surface area contributed by atoms with Gasteiger partial charge < -0.3 is 10.6 Å². The number of amides is 1. The monoisotopic (exact) mass is 292 g/mol. The van der Waals surface area contributed by atoms with Crippen LogP contribution in [0.15, 0.2) is 24.3 Å². The van der Waals surface area contributed by atoms with Gasteiger partial charge in [-0.1, -0.05) is 6.92 Å². The van der Waals surface area contributed by atoms with Gasteiger partial charge in [-0.2, -0.15) is 11.8 Å². The molecule has 2 N–H and O–H groups in total. The number of nitrogens with one attached hydrogen (secondary N) is 2. The highest BCUT2D eigenvalue weighted by molar-refractivity contribution is 7.99. The molecular formula is C16H24N2OS. The van der Waals surface area contributed by atoms with Gasteiger partial charge in [-0.3, -0.25) is 4.79 Å². The van der Waals surface area contributed by atoms with E-state index in [1.54, 1.807) is 0 Å². The van der Waals surface area contributed by atoms with Crippen molar-refractivity contribution >= 4 is 23.4 Å². The Balaban J connectivity index is 1.85. The molecule has 20 heavy (non-hydrogen) atoms. The third kappa shape index (κ3) is 4.17. The van der Waals surface area contributed by atoms with Crippen molar-refractivity contribution in [3.8, 4) is 0 Å². The van der Waals surface area contributed by atoms with Crippen LogP contribution in [0.2, 0.25) is 0 Å². The molecule has 1 aliphatic rings. The summed E-state index contributed by atoms with van der Waals surface area (Å²) in [4.78, 5) is 12.2. The van der Waals surface area contributed by atoms with Gasteiger partial charge in [-0.25, -0.2) is 0 Å². The Morgan fingerprint density at radius 2 is 2.00 bits per heavy atom. The fraction of sp³-hybridized carbons (Fsp3) is 0.562. The predicted octanol–water partition coefficient (Wildman–Crippen LogP) is 3.52. The SMILES string of the molecule is CCNc1ccc(C(=O)NC2CCC(SCC)C2)cc1. The number of benzene rings is 1. The highest BCUT2D eigenvalue weighted by Gasteiger charge is 2.25. The average molecular weight is 292 g/mol. The third-order valence-corrected chi connectivity index (χ3v) is 4.88. The summed E-state index contributed by atoms with van der Waals surface area (Å²) in [5.74, 6) is 1.22. The second kappa shape index (κ2) is 7.58. The Bertz CT molecular complexity index is 433. The second-order valence-electron chi connectivity index (χ2n) is 5.17. The molecule has 1 amide bonds. The number of anilines is 1. The van der Waals surface area contributed by atoms with Gasteiger partial charge in [0, 0.05) is 29.1 Å². The number of carbonyl (C=O) groups excluding carboxylic acids is 1. The zero-order valence-electron chi connectivity index (χ0n) is 12.3. The number of hydrogen-bond donors (Lipinski definition) is 2. The summed E-state index contributed by atoms with van der Waals surface area (Å²) in [5.41, 5.74) is 1.81. The minimum Gasteiger partial charge on any atom is -0.385 e. The van der Waals surface area contributed by atoms with Crippen molar-refractivity contribution in [3.05, 3.63) is 29.8 Å². The fourth-order valence-corrected chi connectivity index (χ4v) is 3.81. The van der Waals surface area contributed by atoms with Crippen molar-refractivity contribution in [3.63, 3.8) is 0 Å². The minimum atomic E-state index is 0.0557. The standard InChI is InChI=1S/C16H24N2OS/c1-3-17-13-7-5-12(6-8-13)16(19)18-14-9-10-15(11-14)20-4-2/h5-8,14-15,17H,3-4,9-11H2,1-2H3,(H,18,19). The molecule has 2 unspecified atom stereocenters. The molecule has 0 saturated heterocycles. The van der Waals surface area contributed by atoms with E-state index >= 15 is 0 Å². The van der Waals surface area contributed by atoms with Gasteiger partial charge in [0.15, 0.2) is 0 Å². The zero-order chi connectivity index (χ0) is 14.4. The zero-order valence-corrected chi connectivity index (χ0v) is 13.1. The molecule has 0 aromatic heterocycles. The molecule has 1 saturated carbocycles. The van der Waals surface area contributed by atoms with E-state index in [0.717, 1.165) is 41.6 Å². The van der Waals surface area contributed by atoms with Crippen LogP contribution in [0, 0.1) is 0 Å². The smallest absolute Gasteiger partial charge is 0.251 e. The molecule has 110 valence electrons. The Kier molecular flexibility index (Phi) is 5.77. The van der Waals surface area contributed by atoms with E-state index in [2.05, 4.69) is 24.5 Å². The third-order valence-electron chi connectivity index (χ3n) is 3.65. The first-order chi connectivity index (χ1) is 9.72. The van der Waals surface area contributed by atoms with Crippen molar-refractivity contribution in [2.24, 2.45) is 0 Å². The molecule has 0 radical (unpaired) electrons. The van der Waals surface area contributed by atoms with Crippen molar-refractivity contribution < 1.29 is 4.79 Å². The van der Waals surface area contributed by atoms with Crippen molar-refractivity contribution in [2.45, 2.75) is 44.4 Å². The lowest BCUT2D eigenvalue weighted by Gasteiger charge is -2.13. The summed E-state index contributed by atoms with van der Waals surface area (Å²) in [6.45, 7) is 5.15. The Morgan fingerprint density at radius 3 is 2.65 bits per heavy atom. The molecule has 4 heteroatoms. The van der Waals surface area contributed by atoms with Gasteiger partial charge in [-0.05, 0) is 56.2 Å². The lowest BCUT2D eigenvalue weighted by atomic mass is 10.1. The van der Waals surface area contributed by atoms with Gasteiger partial charge in [0.2, 0.25) is 0 Å². The first-order valence-electron chi connectivity index (χ1n) is 7.49.